The maximum Gasteiger partial charge on any atom is 0.411 e. The van der Waals surface area contributed by atoms with Crippen LogP contribution in [0.15, 0.2) is 78.9 Å². The van der Waals surface area contributed by atoms with Gasteiger partial charge in [-0.1, -0.05) is 42.5 Å². The van der Waals surface area contributed by atoms with Crippen molar-refractivity contribution < 1.29 is 19.4 Å². The second-order valence-electron chi connectivity index (χ2n) is 8.61. The lowest BCUT2D eigenvalue weighted by Crippen LogP contribution is -2.48. The summed E-state index contributed by atoms with van der Waals surface area (Å²) in [6.45, 7) is 3.98. The van der Waals surface area contributed by atoms with Crippen LogP contribution in [-0.4, -0.2) is 61.5 Å². The Labute approximate surface area is 204 Å². The van der Waals surface area contributed by atoms with Crippen molar-refractivity contribution in [3.8, 4) is 0 Å². The number of piperazine rings is 1. The molecule has 2 amide bonds. The molecule has 3 aromatic carbocycles. The summed E-state index contributed by atoms with van der Waals surface area (Å²) in [6, 6.07) is 25.6. The van der Waals surface area contributed by atoms with Gasteiger partial charge in [0.1, 0.15) is 6.61 Å². The molecule has 1 N–H and O–H groups in total. The summed E-state index contributed by atoms with van der Waals surface area (Å²) in [5, 5.41) is 9.53. The van der Waals surface area contributed by atoms with Gasteiger partial charge in [0.2, 0.25) is 0 Å². The molecule has 8 heteroatoms. The van der Waals surface area contributed by atoms with E-state index in [0.717, 1.165) is 35.7 Å². The number of hydrogen-bond acceptors (Lipinski definition) is 5. The van der Waals surface area contributed by atoms with Gasteiger partial charge in [-0.2, -0.15) is 0 Å². The summed E-state index contributed by atoms with van der Waals surface area (Å²) in [7, 11) is 0. The monoisotopic (exact) mass is 472 g/mol. The number of rotatable bonds is 4. The van der Waals surface area contributed by atoms with Gasteiger partial charge >= 0.3 is 12.2 Å². The minimum absolute atomic E-state index is 0.275. The summed E-state index contributed by atoms with van der Waals surface area (Å²) in [6.07, 6.45) is -1.21. The van der Waals surface area contributed by atoms with E-state index in [2.05, 4.69) is 34.1 Å². The predicted molar refractivity (Wildman–Crippen MR) is 136 cm³/mol. The number of fused-ring (bicyclic) bond motifs is 1. The topological polar surface area (TPSA) is 76.6 Å². The smallest absolute Gasteiger partial charge is 0.411 e. The van der Waals surface area contributed by atoms with E-state index in [9.17, 15) is 14.7 Å². The third-order valence-corrected chi connectivity index (χ3v) is 6.51. The molecule has 35 heavy (non-hydrogen) atoms. The summed E-state index contributed by atoms with van der Waals surface area (Å²) < 4.78 is 5.47. The van der Waals surface area contributed by atoms with Crippen LogP contribution in [0.3, 0.4) is 0 Å². The van der Waals surface area contributed by atoms with Crippen molar-refractivity contribution >= 4 is 34.9 Å². The highest BCUT2D eigenvalue weighted by molar-refractivity contribution is 5.94. The molecule has 0 saturated carbocycles. The van der Waals surface area contributed by atoms with Crippen LogP contribution in [0, 0.1) is 0 Å². The van der Waals surface area contributed by atoms with E-state index in [1.807, 2.05) is 54.6 Å². The first kappa shape index (κ1) is 22.6. The zero-order valence-electron chi connectivity index (χ0n) is 19.4. The molecule has 0 radical (unpaired) electrons. The fourth-order valence-electron chi connectivity index (χ4n) is 4.63. The maximum absolute atomic E-state index is 12.4. The summed E-state index contributed by atoms with van der Waals surface area (Å²) >= 11 is 0. The SMILES string of the molecule is O=C(OCc1ccccc1)N1CCN(c2ccc(N3CCN(C(=O)O)c4ccccc43)cc2)CC1. The second-order valence-corrected chi connectivity index (χ2v) is 8.61. The van der Waals surface area contributed by atoms with Crippen LogP contribution in [0.25, 0.3) is 0 Å². The standard InChI is InChI=1S/C27H28N4O4/c32-26(33)31-19-18-30(24-8-4-5-9-25(24)31)23-12-10-22(11-13-23)28-14-16-29(17-15-28)27(34)35-20-21-6-2-1-3-7-21/h1-13H,14-20H2,(H,32,33). The van der Waals surface area contributed by atoms with Gasteiger partial charge in [0, 0.05) is 50.6 Å². The summed E-state index contributed by atoms with van der Waals surface area (Å²) in [4.78, 5) is 31.6. The fourth-order valence-corrected chi connectivity index (χ4v) is 4.63. The minimum Gasteiger partial charge on any atom is -0.465 e. The number of amides is 2. The number of nitrogens with zero attached hydrogens (tertiary/aromatic N) is 4. The van der Waals surface area contributed by atoms with E-state index in [1.165, 1.54) is 4.90 Å². The number of anilines is 4. The number of benzene rings is 3. The Morgan fingerprint density at radius 2 is 1.34 bits per heavy atom. The lowest BCUT2D eigenvalue weighted by Gasteiger charge is -2.37. The number of carbonyl (C=O) groups is 2. The van der Waals surface area contributed by atoms with Crippen LogP contribution in [0.5, 0.6) is 0 Å². The highest BCUT2D eigenvalue weighted by Gasteiger charge is 2.27. The average Bonchev–Trinajstić information content (AvgIpc) is 2.92. The molecule has 0 aromatic heterocycles. The van der Waals surface area contributed by atoms with E-state index < -0.39 is 6.09 Å². The molecule has 2 aliphatic heterocycles. The molecule has 8 nitrogen and oxygen atoms in total. The molecule has 5 rings (SSSR count). The first-order valence-electron chi connectivity index (χ1n) is 11.8. The first-order valence-corrected chi connectivity index (χ1v) is 11.8. The van der Waals surface area contributed by atoms with Crippen molar-refractivity contribution in [1.29, 1.82) is 0 Å². The van der Waals surface area contributed by atoms with Crippen LogP contribution in [0.2, 0.25) is 0 Å². The quantitative estimate of drug-likeness (QED) is 0.589. The third kappa shape index (κ3) is 4.87. The summed E-state index contributed by atoms with van der Waals surface area (Å²) in [5.41, 5.74) is 4.69. The Balaban J connectivity index is 1.19. The molecule has 0 unspecified atom stereocenters. The van der Waals surface area contributed by atoms with Crippen LogP contribution < -0.4 is 14.7 Å². The Hall–Kier alpha value is -4.20. The van der Waals surface area contributed by atoms with Gasteiger partial charge in [-0.25, -0.2) is 9.59 Å². The molecule has 3 aromatic rings. The molecule has 2 heterocycles. The number of carboxylic acid groups (broad SMARTS) is 1. The minimum atomic E-state index is -0.935. The number of ether oxygens (including phenoxy) is 1. The zero-order valence-corrected chi connectivity index (χ0v) is 19.4. The van der Waals surface area contributed by atoms with Crippen molar-refractivity contribution in [2.75, 3.05) is 54.0 Å². The maximum atomic E-state index is 12.4. The summed E-state index contributed by atoms with van der Waals surface area (Å²) in [5.74, 6) is 0. The number of hydrogen-bond donors (Lipinski definition) is 1. The molecule has 0 bridgehead atoms. The molecule has 0 spiro atoms. The molecule has 1 saturated heterocycles. The van der Waals surface area contributed by atoms with Gasteiger partial charge in [0.15, 0.2) is 0 Å². The molecule has 0 aliphatic carbocycles. The van der Waals surface area contributed by atoms with Gasteiger partial charge in [0.25, 0.3) is 0 Å². The largest absolute Gasteiger partial charge is 0.465 e. The Morgan fingerprint density at radius 1 is 0.714 bits per heavy atom. The Bertz CT molecular complexity index is 1180. The van der Waals surface area contributed by atoms with E-state index in [0.29, 0.717) is 31.9 Å². The molecule has 0 atom stereocenters. The van der Waals surface area contributed by atoms with Crippen LogP contribution in [0.4, 0.5) is 32.3 Å². The van der Waals surface area contributed by atoms with E-state index >= 15 is 0 Å². The van der Waals surface area contributed by atoms with Crippen molar-refractivity contribution in [3.63, 3.8) is 0 Å². The van der Waals surface area contributed by atoms with Gasteiger partial charge in [-0.3, -0.25) is 4.90 Å². The van der Waals surface area contributed by atoms with Crippen molar-refractivity contribution in [2.45, 2.75) is 6.61 Å². The van der Waals surface area contributed by atoms with Crippen LogP contribution in [0.1, 0.15) is 5.56 Å². The van der Waals surface area contributed by atoms with Crippen molar-refractivity contribution in [1.82, 2.24) is 4.90 Å². The third-order valence-electron chi connectivity index (χ3n) is 6.51. The van der Waals surface area contributed by atoms with Gasteiger partial charge < -0.3 is 24.5 Å². The lowest BCUT2D eigenvalue weighted by molar-refractivity contribution is 0.0942. The van der Waals surface area contributed by atoms with Gasteiger partial charge in [-0.15, -0.1) is 0 Å². The Kier molecular flexibility index (Phi) is 6.43. The zero-order chi connectivity index (χ0) is 24.2. The number of carbonyl (C=O) groups excluding carboxylic acids is 1. The number of para-hydroxylation sites is 2. The average molecular weight is 473 g/mol. The van der Waals surface area contributed by atoms with E-state index in [-0.39, 0.29) is 12.7 Å². The second kappa shape index (κ2) is 9.97. The highest BCUT2D eigenvalue weighted by atomic mass is 16.6. The van der Waals surface area contributed by atoms with Gasteiger partial charge in [0.05, 0.1) is 11.4 Å². The van der Waals surface area contributed by atoms with Crippen LogP contribution >= 0.6 is 0 Å². The molecule has 2 aliphatic rings. The van der Waals surface area contributed by atoms with Crippen LogP contribution in [-0.2, 0) is 11.3 Å². The molecule has 1 fully saturated rings. The normalized spacial score (nSPS) is 15.5. The van der Waals surface area contributed by atoms with E-state index in [4.69, 9.17) is 4.74 Å². The fraction of sp³-hybridized carbons (Fsp3) is 0.259. The van der Waals surface area contributed by atoms with Gasteiger partial charge in [-0.05, 0) is 42.0 Å². The predicted octanol–water partition coefficient (Wildman–Crippen LogP) is 4.78. The van der Waals surface area contributed by atoms with Crippen molar-refractivity contribution in [2.24, 2.45) is 0 Å². The molecular formula is C27H28N4O4. The van der Waals surface area contributed by atoms with Crippen molar-refractivity contribution in [3.05, 3.63) is 84.4 Å². The first-order chi connectivity index (χ1) is 17.1. The van der Waals surface area contributed by atoms with E-state index in [1.54, 1.807) is 4.90 Å². The highest BCUT2D eigenvalue weighted by Crippen LogP contribution is 2.38. The Morgan fingerprint density at radius 3 is 2.03 bits per heavy atom. The molecule has 180 valence electrons. The molecular weight excluding hydrogens is 444 g/mol. The lowest BCUT2D eigenvalue weighted by atomic mass is 10.1.